The van der Waals surface area contributed by atoms with Gasteiger partial charge in [0.15, 0.2) is 0 Å². The van der Waals surface area contributed by atoms with Crippen molar-refractivity contribution in [1.82, 2.24) is 9.13 Å². The van der Waals surface area contributed by atoms with Crippen molar-refractivity contribution in [3.63, 3.8) is 0 Å². The van der Waals surface area contributed by atoms with E-state index in [2.05, 4.69) is 204 Å². The van der Waals surface area contributed by atoms with Gasteiger partial charge in [0.25, 0.3) is 0 Å². The molecule has 0 radical (unpaired) electrons. The molecule has 0 atom stereocenters. The van der Waals surface area contributed by atoms with E-state index in [0.717, 1.165) is 23.4 Å². The molecule has 3 heterocycles. The van der Waals surface area contributed by atoms with Crippen molar-refractivity contribution in [2.24, 2.45) is 0 Å². The molecule has 56 heavy (non-hydrogen) atoms. The summed E-state index contributed by atoms with van der Waals surface area (Å²) in [6, 6.07) is 66.0. The summed E-state index contributed by atoms with van der Waals surface area (Å²) < 4.78 is 11.6. The Hall–Kier alpha value is -7.10. The predicted octanol–water partition coefficient (Wildman–Crippen LogP) is 14.1. The summed E-state index contributed by atoms with van der Waals surface area (Å²) >= 11 is 0. The minimum absolute atomic E-state index is 0.475. The highest BCUT2D eigenvalue weighted by Crippen LogP contribution is 2.42. The summed E-state index contributed by atoms with van der Waals surface area (Å²) in [5.74, 6) is 0.933. The number of ether oxygens (including phenoxy) is 1. The molecule has 0 spiro atoms. The number of benzene rings is 8. The second kappa shape index (κ2) is 13.0. The molecule has 10 aromatic rings. The summed E-state index contributed by atoms with van der Waals surface area (Å²) in [5, 5.41) is 6.17. The third kappa shape index (κ3) is 5.12. The molecule has 3 nitrogen and oxygen atoms in total. The predicted molar refractivity (Wildman–Crippen MR) is 235 cm³/mol. The number of fused-ring (bicyclic) bond motifs is 8. The van der Waals surface area contributed by atoms with Crippen LogP contribution in [0, 0.1) is 0 Å². The summed E-state index contributed by atoms with van der Waals surface area (Å²) in [7, 11) is 0. The van der Waals surface area contributed by atoms with Crippen LogP contribution in [0.1, 0.15) is 30.2 Å². The maximum Gasteiger partial charge on any atom is 0.127 e. The van der Waals surface area contributed by atoms with E-state index in [-0.39, 0.29) is 0 Å². The maximum absolute atomic E-state index is 6.71. The van der Waals surface area contributed by atoms with E-state index in [4.69, 9.17) is 4.74 Å². The first-order valence-corrected chi connectivity index (χ1v) is 19.5. The van der Waals surface area contributed by atoms with Gasteiger partial charge in [-0.15, -0.1) is 0 Å². The largest absolute Gasteiger partial charge is 0.488 e. The molecular weight excluding hydrogens is 681 g/mol. The third-order valence-electron chi connectivity index (χ3n) is 11.6. The highest BCUT2D eigenvalue weighted by atomic mass is 16.5. The molecule has 11 rings (SSSR count). The van der Waals surface area contributed by atoms with E-state index in [1.54, 1.807) is 0 Å². The molecule has 3 heteroatoms. The molecular formula is C53H38N2O. The average molecular weight is 719 g/mol. The van der Waals surface area contributed by atoms with E-state index in [1.807, 2.05) is 0 Å². The van der Waals surface area contributed by atoms with Crippen LogP contribution in [0.5, 0.6) is 5.75 Å². The lowest BCUT2D eigenvalue weighted by Gasteiger charge is -2.18. The van der Waals surface area contributed by atoms with Crippen LogP contribution >= 0.6 is 0 Å². The molecule has 0 unspecified atom stereocenters. The molecule has 0 saturated carbocycles. The molecule has 2 aromatic heterocycles. The van der Waals surface area contributed by atoms with E-state index in [1.165, 1.54) is 88.3 Å². The van der Waals surface area contributed by atoms with Gasteiger partial charge in [-0.2, -0.15) is 0 Å². The smallest absolute Gasteiger partial charge is 0.127 e. The highest BCUT2D eigenvalue weighted by Gasteiger charge is 2.23. The van der Waals surface area contributed by atoms with E-state index in [0.29, 0.717) is 6.61 Å². The Bertz CT molecular complexity index is 3170. The van der Waals surface area contributed by atoms with Crippen molar-refractivity contribution in [3.05, 3.63) is 199 Å². The van der Waals surface area contributed by atoms with Gasteiger partial charge in [0.05, 0.1) is 27.9 Å². The quantitative estimate of drug-likeness (QED) is 0.173. The van der Waals surface area contributed by atoms with Crippen molar-refractivity contribution >= 4 is 55.1 Å². The lowest BCUT2D eigenvalue weighted by Crippen LogP contribution is -2.05. The van der Waals surface area contributed by atoms with E-state index in [9.17, 15) is 0 Å². The van der Waals surface area contributed by atoms with E-state index < -0.39 is 0 Å². The van der Waals surface area contributed by atoms with Gasteiger partial charge in [-0.1, -0.05) is 134 Å². The van der Waals surface area contributed by atoms with Crippen molar-refractivity contribution in [1.29, 1.82) is 0 Å². The minimum atomic E-state index is 0.475. The Morgan fingerprint density at radius 1 is 0.482 bits per heavy atom. The molecule has 266 valence electrons. The normalized spacial score (nSPS) is 13.6. The fourth-order valence-electron chi connectivity index (χ4n) is 8.95. The van der Waals surface area contributed by atoms with Gasteiger partial charge in [0.2, 0.25) is 0 Å². The second-order valence-corrected chi connectivity index (χ2v) is 14.7. The molecule has 8 aromatic carbocycles. The zero-order chi connectivity index (χ0) is 37.2. The number of aromatic nitrogens is 2. The fraction of sp³-hybridized carbons (Fsp3) is 0.0566. The summed E-state index contributed by atoms with van der Waals surface area (Å²) in [4.78, 5) is 0. The van der Waals surface area contributed by atoms with Gasteiger partial charge in [-0.3, -0.25) is 0 Å². The molecule has 0 bridgehead atoms. The molecule has 0 fully saturated rings. The second-order valence-electron chi connectivity index (χ2n) is 14.7. The maximum atomic E-state index is 6.71. The summed E-state index contributed by atoms with van der Waals surface area (Å²) in [5.41, 5.74) is 15.5. The van der Waals surface area contributed by atoms with E-state index >= 15 is 0 Å². The van der Waals surface area contributed by atoms with Crippen LogP contribution in [0.2, 0.25) is 0 Å². The van der Waals surface area contributed by atoms with Gasteiger partial charge < -0.3 is 13.9 Å². The van der Waals surface area contributed by atoms with Crippen molar-refractivity contribution in [2.75, 3.05) is 0 Å². The molecule has 0 saturated heterocycles. The number of nitrogens with zero attached hydrogens (tertiary/aromatic N) is 2. The third-order valence-corrected chi connectivity index (χ3v) is 11.6. The monoisotopic (exact) mass is 718 g/mol. The SMILES string of the molecule is CC/C1=C\c2c(c3cc(-c4ccc5c(c4)c4ccccc4n5-c4cccc5ccccc45)ccc3n2-c2cccc(-c3ccccc3)c2)COc2ccccc21. The van der Waals surface area contributed by atoms with Gasteiger partial charge in [-0.25, -0.2) is 0 Å². The van der Waals surface area contributed by atoms with Gasteiger partial charge in [0, 0.05) is 38.4 Å². The Morgan fingerprint density at radius 2 is 1.12 bits per heavy atom. The Morgan fingerprint density at radius 3 is 1.98 bits per heavy atom. The first-order valence-electron chi connectivity index (χ1n) is 19.5. The fourth-order valence-corrected chi connectivity index (χ4v) is 8.95. The standard InChI is InChI=1S/C53H38N2O/c1-2-35-33-52-47(34-56-53-25-11-9-21-43(35)53)46-32-40(26-28-50(46)54(52)41-19-12-18-38(30-41)36-14-4-3-5-15-36)39-27-29-51-45(31-39)44-22-8-10-23-49(44)55(51)48-24-13-17-37-16-6-7-20-42(37)48/h3-33H,2,34H2,1H3/b35-33+. The lowest BCUT2D eigenvalue weighted by molar-refractivity contribution is 0.306. The zero-order valence-electron chi connectivity index (χ0n) is 31.1. The van der Waals surface area contributed by atoms with Gasteiger partial charge in [0.1, 0.15) is 12.4 Å². The number of para-hydroxylation sites is 2. The molecule has 0 aliphatic carbocycles. The average Bonchev–Trinajstić information content (AvgIpc) is 3.75. The van der Waals surface area contributed by atoms with Crippen LogP contribution in [-0.2, 0) is 6.61 Å². The van der Waals surface area contributed by atoms with Crippen LogP contribution in [0.25, 0.3) is 88.8 Å². The molecule has 0 amide bonds. The summed E-state index contributed by atoms with van der Waals surface area (Å²) in [6.07, 6.45) is 3.29. The van der Waals surface area contributed by atoms with Crippen LogP contribution in [0.4, 0.5) is 0 Å². The minimum Gasteiger partial charge on any atom is -0.488 e. The zero-order valence-corrected chi connectivity index (χ0v) is 31.1. The number of hydrogen-bond acceptors (Lipinski definition) is 1. The van der Waals surface area contributed by atoms with Crippen LogP contribution in [0.15, 0.2) is 182 Å². The Balaban J connectivity index is 1.12. The lowest BCUT2D eigenvalue weighted by atomic mass is 9.97. The Labute approximate surface area is 326 Å². The molecule has 0 N–H and O–H groups in total. The van der Waals surface area contributed by atoms with Crippen molar-refractivity contribution in [3.8, 4) is 39.4 Å². The molecule has 1 aliphatic rings. The summed E-state index contributed by atoms with van der Waals surface area (Å²) in [6.45, 7) is 2.71. The van der Waals surface area contributed by atoms with Crippen LogP contribution < -0.4 is 4.74 Å². The number of hydrogen-bond donors (Lipinski definition) is 0. The van der Waals surface area contributed by atoms with Gasteiger partial charge in [-0.05, 0) is 100 Å². The number of rotatable bonds is 5. The topological polar surface area (TPSA) is 19.1 Å². The highest BCUT2D eigenvalue weighted by molar-refractivity contribution is 6.12. The molecule has 1 aliphatic heterocycles. The first kappa shape index (κ1) is 32.3. The van der Waals surface area contributed by atoms with Crippen LogP contribution in [-0.4, -0.2) is 9.13 Å². The van der Waals surface area contributed by atoms with Crippen molar-refractivity contribution in [2.45, 2.75) is 20.0 Å². The Kier molecular flexibility index (Phi) is 7.53. The van der Waals surface area contributed by atoms with Gasteiger partial charge >= 0.3 is 0 Å². The van der Waals surface area contributed by atoms with Crippen molar-refractivity contribution < 1.29 is 4.74 Å². The van der Waals surface area contributed by atoms with Crippen LogP contribution in [0.3, 0.4) is 0 Å². The first-order chi connectivity index (χ1) is 27.7. The number of allylic oxidation sites excluding steroid dienone is 1.